The first kappa shape index (κ1) is 15.5. The van der Waals surface area contributed by atoms with Gasteiger partial charge in [-0.15, -0.1) is 0 Å². The van der Waals surface area contributed by atoms with E-state index in [2.05, 4.69) is 21.2 Å². The van der Waals surface area contributed by atoms with E-state index < -0.39 is 5.97 Å². The molecule has 1 rings (SSSR count). The molecule has 0 heterocycles. The molecule has 0 unspecified atom stereocenters. The Bertz CT molecular complexity index is 462. The molecular formula is C13H16BrNO4. The van der Waals surface area contributed by atoms with Gasteiger partial charge in [0.2, 0.25) is 5.91 Å². The Morgan fingerprint density at radius 3 is 2.79 bits per heavy atom. The third-order valence-corrected chi connectivity index (χ3v) is 3.27. The van der Waals surface area contributed by atoms with Crippen molar-refractivity contribution in [3.8, 4) is 5.75 Å². The highest BCUT2D eigenvalue weighted by Gasteiger charge is 2.08. The van der Waals surface area contributed by atoms with Crippen LogP contribution in [0.1, 0.15) is 18.4 Å². The van der Waals surface area contributed by atoms with Gasteiger partial charge in [0, 0.05) is 17.4 Å². The van der Waals surface area contributed by atoms with Gasteiger partial charge >= 0.3 is 5.97 Å². The van der Waals surface area contributed by atoms with E-state index in [0.29, 0.717) is 18.7 Å². The van der Waals surface area contributed by atoms with Gasteiger partial charge in [-0.3, -0.25) is 9.59 Å². The normalized spacial score (nSPS) is 10.0. The molecule has 0 aromatic heterocycles. The molecule has 0 bridgehead atoms. The van der Waals surface area contributed by atoms with Crippen molar-refractivity contribution in [1.82, 2.24) is 5.32 Å². The molecular weight excluding hydrogens is 314 g/mol. The molecule has 0 aliphatic carbocycles. The Balaban J connectivity index is 2.45. The lowest BCUT2D eigenvalue weighted by Crippen LogP contribution is -2.26. The molecule has 1 aromatic rings. The fourth-order valence-corrected chi connectivity index (χ4v) is 1.90. The number of benzene rings is 1. The first-order chi connectivity index (χ1) is 9.02. The molecule has 0 radical (unpaired) electrons. The summed E-state index contributed by atoms with van der Waals surface area (Å²) in [6.45, 7) is 0.368. The number of hydrogen-bond donors (Lipinski definition) is 2. The summed E-state index contributed by atoms with van der Waals surface area (Å²) in [4.78, 5) is 22.0. The van der Waals surface area contributed by atoms with Gasteiger partial charge in [-0.1, -0.05) is 15.9 Å². The molecule has 0 atom stereocenters. The number of carboxylic acids is 1. The summed E-state index contributed by atoms with van der Waals surface area (Å²) in [6, 6.07) is 5.42. The van der Waals surface area contributed by atoms with Gasteiger partial charge in [0.25, 0.3) is 0 Å². The van der Waals surface area contributed by atoms with Crippen LogP contribution in [-0.4, -0.2) is 30.6 Å². The van der Waals surface area contributed by atoms with Crippen LogP contribution >= 0.6 is 15.9 Å². The van der Waals surface area contributed by atoms with E-state index in [1.54, 1.807) is 19.2 Å². The monoisotopic (exact) mass is 329 g/mol. The number of ether oxygens (including phenoxy) is 1. The third-order valence-electron chi connectivity index (χ3n) is 2.49. The summed E-state index contributed by atoms with van der Waals surface area (Å²) in [5.41, 5.74) is 0.829. The molecule has 6 heteroatoms. The van der Waals surface area contributed by atoms with E-state index in [9.17, 15) is 9.59 Å². The molecule has 0 aliphatic rings. The van der Waals surface area contributed by atoms with Crippen molar-refractivity contribution in [3.05, 3.63) is 28.2 Å². The molecule has 1 amide bonds. The van der Waals surface area contributed by atoms with Crippen LogP contribution in [-0.2, 0) is 16.0 Å². The summed E-state index contributed by atoms with van der Waals surface area (Å²) in [6.07, 6.45) is 0.717. The minimum atomic E-state index is -0.857. The Morgan fingerprint density at radius 1 is 1.42 bits per heavy atom. The first-order valence-corrected chi connectivity index (χ1v) is 6.63. The number of amides is 1. The number of aliphatic carboxylic acids is 1. The number of carboxylic acid groups (broad SMARTS) is 1. The van der Waals surface area contributed by atoms with Gasteiger partial charge in [0.05, 0.1) is 13.5 Å². The zero-order chi connectivity index (χ0) is 14.3. The average Bonchev–Trinajstić information content (AvgIpc) is 2.37. The van der Waals surface area contributed by atoms with E-state index in [1.165, 1.54) is 0 Å². The number of halogens is 1. The third kappa shape index (κ3) is 5.74. The topological polar surface area (TPSA) is 75.6 Å². The van der Waals surface area contributed by atoms with Crippen LogP contribution in [0.25, 0.3) is 0 Å². The largest absolute Gasteiger partial charge is 0.497 e. The number of hydrogen-bond acceptors (Lipinski definition) is 3. The summed E-state index contributed by atoms with van der Waals surface area (Å²) < 4.78 is 5.94. The quantitative estimate of drug-likeness (QED) is 0.750. The van der Waals surface area contributed by atoms with Crippen molar-refractivity contribution in [2.45, 2.75) is 19.3 Å². The molecule has 104 valence electrons. The molecule has 0 spiro atoms. The second kappa shape index (κ2) is 7.78. The predicted molar refractivity (Wildman–Crippen MR) is 74.3 cm³/mol. The highest BCUT2D eigenvalue weighted by molar-refractivity contribution is 9.10. The second-order valence-electron chi connectivity index (χ2n) is 3.98. The number of rotatable bonds is 7. The molecule has 0 saturated carbocycles. The summed E-state index contributed by atoms with van der Waals surface area (Å²) in [5.74, 6) is -0.305. The summed E-state index contributed by atoms with van der Waals surface area (Å²) in [7, 11) is 1.57. The predicted octanol–water partition coefficient (Wildman–Crippen LogP) is 1.98. The number of nitrogens with one attached hydrogen (secondary N) is 1. The van der Waals surface area contributed by atoms with Crippen molar-refractivity contribution in [1.29, 1.82) is 0 Å². The lowest BCUT2D eigenvalue weighted by molar-refractivity contribution is -0.137. The van der Waals surface area contributed by atoms with E-state index in [0.717, 1.165) is 10.0 Å². The summed E-state index contributed by atoms with van der Waals surface area (Å²) >= 11 is 3.38. The number of carbonyl (C=O) groups excluding carboxylic acids is 1. The van der Waals surface area contributed by atoms with Gasteiger partial charge < -0.3 is 15.2 Å². The Labute approximate surface area is 120 Å². The van der Waals surface area contributed by atoms with Gasteiger partial charge in [0.1, 0.15) is 5.75 Å². The molecule has 1 aromatic carbocycles. The second-order valence-corrected chi connectivity index (χ2v) is 4.84. The Hall–Kier alpha value is -1.56. The standard InChI is InChI=1S/C13H16BrNO4/c1-19-10-4-5-11(14)9(7-10)8-12(16)15-6-2-3-13(17)18/h4-5,7H,2-3,6,8H2,1H3,(H,15,16)(H,17,18). The fraction of sp³-hybridized carbons (Fsp3) is 0.385. The van der Waals surface area contributed by atoms with Crippen molar-refractivity contribution in [2.24, 2.45) is 0 Å². The van der Waals surface area contributed by atoms with Crippen LogP contribution < -0.4 is 10.1 Å². The maximum Gasteiger partial charge on any atom is 0.303 e. The Morgan fingerprint density at radius 2 is 2.16 bits per heavy atom. The van der Waals surface area contributed by atoms with Gasteiger partial charge in [-0.25, -0.2) is 0 Å². The van der Waals surface area contributed by atoms with Crippen molar-refractivity contribution >= 4 is 27.8 Å². The highest BCUT2D eigenvalue weighted by atomic mass is 79.9. The number of methoxy groups -OCH3 is 1. The van der Waals surface area contributed by atoms with E-state index in [1.807, 2.05) is 6.07 Å². The van der Waals surface area contributed by atoms with Gasteiger partial charge in [-0.05, 0) is 30.2 Å². The maximum absolute atomic E-state index is 11.7. The van der Waals surface area contributed by atoms with Crippen LogP contribution in [0.3, 0.4) is 0 Å². The minimum absolute atomic E-state index is 0.0587. The van der Waals surface area contributed by atoms with E-state index >= 15 is 0 Å². The molecule has 19 heavy (non-hydrogen) atoms. The summed E-state index contributed by atoms with van der Waals surface area (Å²) in [5, 5.41) is 11.2. The molecule has 2 N–H and O–H groups in total. The smallest absolute Gasteiger partial charge is 0.303 e. The average molecular weight is 330 g/mol. The molecule has 0 saturated heterocycles. The first-order valence-electron chi connectivity index (χ1n) is 5.84. The fourth-order valence-electron chi connectivity index (χ4n) is 1.52. The van der Waals surface area contributed by atoms with Crippen LogP contribution in [0.2, 0.25) is 0 Å². The van der Waals surface area contributed by atoms with Crippen LogP contribution in [0.5, 0.6) is 5.75 Å². The SMILES string of the molecule is COc1ccc(Br)c(CC(=O)NCCCC(=O)O)c1. The molecule has 5 nitrogen and oxygen atoms in total. The van der Waals surface area contributed by atoms with Crippen molar-refractivity contribution < 1.29 is 19.4 Å². The lowest BCUT2D eigenvalue weighted by Gasteiger charge is -2.08. The zero-order valence-electron chi connectivity index (χ0n) is 10.6. The van der Waals surface area contributed by atoms with Crippen LogP contribution in [0.4, 0.5) is 0 Å². The maximum atomic E-state index is 11.7. The van der Waals surface area contributed by atoms with Gasteiger partial charge in [-0.2, -0.15) is 0 Å². The zero-order valence-corrected chi connectivity index (χ0v) is 12.2. The van der Waals surface area contributed by atoms with Gasteiger partial charge in [0.15, 0.2) is 0 Å². The van der Waals surface area contributed by atoms with E-state index in [4.69, 9.17) is 9.84 Å². The van der Waals surface area contributed by atoms with Crippen LogP contribution in [0, 0.1) is 0 Å². The Kier molecular flexibility index (Phi) is 6.35. The highest BCUT2D eigenvalue weighted by Crippen LogP contribution is 2.22. The minimum Gasteiger partial charge on any atom is -0.497 e. The molecule has 0 fully saturated rings. The lowest BCUT2D eigenvalue weighted by atomic mass is 10.1. The molecule has 0 aliphatic heterocycles. The number of carbonyl (C=O) groups is 2. The van der Waals surface area contributed by atoms with Crippen molar-refractivity contribution in [3.63, 3.8) is 0 Å². The van der Waals surface area contributed by atoms with Crippen LogP contribution in [0.15, 0.2) is 22.7 Å². The van der Waals surface area contributed by atoms with E-state index in [-0.39, 0.29) is 18.7 Å². The van der Waals surface area contributed by atoms with Crippen molar-refractivity contribution in [2.75, 3.05) is 13.7 Å².